The zero-order valence-electron chi connectivity index (χ0n) is 16.9. The van der Waals surface area contributed by atoms with Gasteiger partial charge in [-0.3, -0.25) is 9.69 Å². The summed E-state index contributed by atoms with van der Waals surface area (Å²) in [5.41, 5.74) is 6.08. The van der Waals surface area contributed by atoms with Crippen molar-refractivity contribution in [1.82, 2.24) is 0 Å². The van der Waals surface area contributed by atoms with E-state index in [-0.39, 0.29) is 17.5 Å². The summed E-state index contributed by atoms with van der Waals surface area (Å²) < 4.78 is 0. The van der Waals surface area contributed by atoms with Crippen molar-refractivity contribution in [2.45, 2.75) is 39.3 Å². The molecule has 0 saturated carbocycles. The van der Waals surface area contributed by atoms with Gasteiger partial charge >= 0.3 is 0 Å². The highest BCUT2D eigenvalue weighted by molar-refractivity contribution is 6.12. The van der Waals surface area contributed by atoms with Crippen LogP contribution in [0.15, 0.2) is 72.8 Å². The molecule has 1 amide bonds. The van der Waals surface area contributed by atoms with Gasteiger partial charge in [-0.05, 0) is 47.7 Å². The normalized spacial score (nSPS) is 16.5. The number of nitrogens with zero attached hydrogens (tertiary/aromatic N) is 1. The number of hydrogen-bond acceptors (Lipinski definition) is 2. The maximum Gasteiger partial charge on any atom is 0.262 e. The number of benzene rings is 3. The first-order valence-corrected chi connectivity index (χ1v) is 9.71. The molecule has 1 N–H and O–H groups in total. The Morgan fingerprint density at radius 2 is 1.50 bits per heavy atom. The molecular formula is C25H26N2O. The van der Waals surface area contributed by atoms with Gasteiger partial charge in [-0.15, -0.1) is 0 Å². The Balaban J connectivity index is 1.80. The summed E-state index contributed by atoms with van der Waals surface area (Å²) in [5, 5.41) is 3.57. The summed E-state index contributed by atoms with van der Waals surface area (Å²) in [7, 11) is 0. The molecule has 1 unspecified atom stereocenters. The average Bonchev–Trinajstić information content (AvgIpc) is 2.68. The fourth-order valence-corrected chi connectivity index (χ4v) is 3.62. The summed E-state index contributed by atoms with van der Waals surface area (Å²) in [6.07, 6.45) is -0.251. The highest BCUT2D eigenvalue weighted by atomic mass is 16.2. The van der Waals surface area contributed by atoms with Crippen molar-refractivity contribution < 1.29 is 4.79 Å². The lowest BCUT2D eigenvalue weighted by Crippen LogP contribution is -2.43. The molecule has 4 rings (SSSR count). The van der Waals surface area contributed by atoms with Gasteiger partial charge in [-0.2, -0.15) is 0 Å². The molecule has 0 aliphatic carbocycles. The van der Waals surface area contributed by atoms with Gasteiger partial charge in [0.2, 0.25) is 0 Å². The van der Waals surface area contributed by atoms with E-state index in [0.717, 1.165) is 16.9 Å². The van der Waals surface area contributed by atoms with Crippen molar-refractivity contribution in [2.24, 2.45) is 0 Å². The summed E-state index contributed by atoms with van der Waals surface area (Å²) in [6, 6.07) is 24.4. The van der Waals surface area contributed by atoms with Gasteiger partial charge in [-0.25, -0.2) is 0 Å². The summed E-state index contributed by atoms with van der Waals surface area (Å²) in [4.78, 5) is 15.3. The molecule has 3 nitrogen and oxygen atoms in total. The maximum atomic E-state index is 13.4. The molecule has 0 spiro atoms. The zero-order valence-corrected chi connectivity index (χ0v) is 16.9. The lowest BCUT2D eigenvalue weighted by atomic mass is 9.86. The molecule has 1 aliphatic rings. The second-order valence-corrected chi connectivity index (χ2v) is 8.48. The molecule has 142 valence electrons. The molecule has 3 heteroatoms. The molecule has 3 aromatic carbocycles. The van der Waals surface area contributed by atoms with Crippen LogP contribution in [0.1, 0.15) is 54.0 Å². The van der Waals surface area contributed by atoms with Gasteiger partial charge in [-0.1, -0.05) is 74.9 Å². The van der Waals surface area contributed by atoms with Crippen LogP contribution in [0, 0.1) is 6.92 Å². The average molecular weight is 370 g/mol. The van der Waals surface area contributed by atoms with Gasteiger partial charge in [0.1, 0.15) is 6.17 Å². The van der Waals surface area contributed by atoms with E-state index in [1.54, 1.807) is 0 Å². The van der Waals surface area contributed by atoms with Crippen molar-refractivity contribution in [1.29, 1.82) is 0 Å². The first-order valence-electron chi connectivity index (χ1n) is 9.71. The molecule has 3 aromatic rings. The Morgan fingerprint density at radius 3 is 2.14 bits per heavy atom. The standard InChI is InChI=1S/C25H26N2O/c1-17-9-15-20(16-10-17)27-23(18-11-13-19(14-12-18)25(2,3)4)26-22-8-6-5-7-21(22)24(27)28/h5-16,23,26H,1-4H3. The lowest BCUT2D eigenvalue weighted by molar-refractivity contribution is 0.0975. The van der Waals surface area contributed by atoms with Gasteiger partial charge in [0.25, 0.3) is 5.91 Å². The fourth-order valence-electron chi connectivity index (χ4n) is 3.62. The van der Waals surface area contributed by atoms with E-state index in [1.165, 1.54) is 11.1 Å². The lowest BCUT2D eigenvalue weighted by Gasteiger charge is -2.38. The monoisotopic (exact) mass is 370 g/mol. The minimum atomic E-state index is -0.251. The number of carbonyl (C=O) groups is 1. The Hall–Kier alpha value is -3.07. The van der Waals surface area contributed by atoms with Crippen LogP contribution in [-0.2, 0) is 5.41 Å². The van der Waals surface area contributed by atoms with Crippen molar-refractivity contribution in [2.75, 3.05) is 10.2 Å². The fraction of sp³-hybridized carbons (Fsp3) is 0.240. The largest absolute Gasteiger partial charge is 0.360 e. The maximum absolute atomic E-state index is 13.4. The van der Waals surface area contributed by atoms with Crippen LogP contribution in [0.2, 0.25) is 0 Å². The Kier molecular flexibility index (Phi) is 4.46. The van der Waals surface area contributed by atoms with Crippen LogP contribution in [-0.4, -0.2) is 5.91 Å². The van der Waals surface area contributed by atoms with Crippen molar-refractivity contribution in [3.05, 3.63) is 95.1 Å². The van der Waals surface area contributed by atoms with Crippen LogP contribution in [0.5, 0.6) is 0 Å². The van der Waals surface area contributed by atoms with Crippen LogP contribution >= 0.6 is 0 Å². The number of para-hydroxylation sites is 1. The summed E-state index contributed by atoms with van der Waals surface area (Å²) in [5.74, 6) is 0.0168. The van der Waals surface area contributed by atoms with Crippen molar-refractivity contribution in [3.8, 4) is 0 Å². The van der Waals surface area contributed by atoms with Gasteiger partial charge in [0, 0.05) is 11.4 Å². The molecule has 0 radical (unpaired) electrons. The number of nitrogens with one attached hydrogen (secondary N) is 1. The number of fused-ring (bicyclic) bond motifs is 1. The Bertz CT molecular complexity index is 998. The van der Waals surface area contributed by atoms with E-state index < -0.39 is 0 Å². The first-order chi connectivity index (χ1) is 13.3. The van der Waals surface area contributed by atoms with Crippen LogP contribution in [0.4, 0.5) is 11.4 Å². The first kappa shape index (κ1) is 18.3. The molecule has 0 bridgehead atoms. The number of rotatable bonds is 2. The smallest absolute Gasteiger partial charge is 0.262 e. The predicted octanol–water partition coefficient (Wildman–Crippen LogP) is 6.06. The third-order valence-corrected chi connectivity index (χ3v) is 5.33. The third kappa shape index (κ3) is 3.29. The Morgan fingerprint density at radius 1 is 0.857 bits per heavy atom. The van der Waals surface area contributed by atoms with E-state index in [4.69, 9.17) is 0 Å². The van der Waals surface area contributed by atoms with Gasteiger partial charge in [0.05, 0.1) is 5.56 Å². The Labute approximate surface area is 167 Å². The van der Waals surface area contributed by atoms with Gasteiger partial charge < -0.3 is 5.32 Å². The van der Waals surface area contributed by atoms with E-state index in [9.17, 15) is 4.79 Å². The zero-order chi connectivity index (χ0) is 19.9. The quantitative estimate of drug-likeness (QED) is 0.594. The number of hydrogen-bond donors (Lipinski definition) is 1. The molecule has 0 fully saturated rings. The SMILES string of the molecule is Cc1ccc(N2C(=O)c3ccccc3NC2c2ccc(C(C)(C)C)cc2)cc1. The number of anilines is 2. The van der Waals surface area contributed by atoms with E-state index in [0.29, 0.717) is 5.56 Å². The van der Waals surface area contributed by atoms with Gasteiger partial charge in [0.15, 0.2) is 0 Å². The number of amides is 1. The van der Waals surface area contributed by atoms with Crippen LogP contribution in [0.25, 0.3) is 0 Å². The molecular weight excluding hydrogens is 344 g/mol. The van der Waals surface area contributed by atoms with Crippen molar-refractivity contribution in [3.63, 3.8) is 0 Å². The molecule has 0 saturated heterocycles. The molecule has 28 heavy (non-hydrogen) atoms. The van der Waals surface area contributed by atoms with Crippen LogP contribution < -0.4 is 10.2 Å². The molecule has 0 aromatic heterocycles. The summed E-state index contributed by atoms with van der Waals surface area (Å²) >= 11 is 0. The molecule has 1 atom stereocenters. The molecule has 1 aliphatic heterocycles. The topological polar surface area (TPSA) is 32.3 Å². The minimum absolute atomic E-state index is 0.0168. The third-order valence-electron chi connectivity index (χ3n) is 5.33. The van der Waals surface area contributed by atoms with Crippen LogP contribution in [0.3, 0.4) is 0 Å². The van der Waals surface area contributed by atoms with E-state index in [2.05, 4.69) is 57.3 Å². The van der Waals surface area contributed by atoms with Crippen molar-refractivity contribution >= 4 is 17.3 Å². The predicted molar refractivity (Wildman–Crippen MR) is 116 cm³/mol. The number of aryl methyl sites for hydroxylation is 1. The highest BCUT2D eigenvalue weighted by Gasteiger charge is 2.34. The second kappa shape index (κ2) is 6.83. The molecule has 1 heterocycles. The minimum Gasteiger partial charge on any atom is -0.360 e. The number of carbonyl (C=O) groups excluding carboxylic acids is 1. The second-order valence-electron chi connectivity index (χ2n) is 8.48. The van der Waals surface area contributed by atoms with E-state index in [1.807, 2.05) is 53.4 Å². The van der Waals surface area contributed by atoms with E-state index >= 15 is 0 Å². The highest BCUT2D eigenvalue weighted by Crippen LogP contribution is 2.37. The summed E-state index contributed by atoms with van der Waals surface area (Å²) in [6.45, 7) is 8.68.